The first-order valence-electron chi connectivity index (χ1n) is 10.1. The van der Waals surface area contributed by atoms with Crippen LogP contribution in [0.4, 0.5) is 0 Å². The summed E-state index contributed by atoms with van der Waals surface area (Å²) in [7, 11) is -1.25. The van der Waals surface area contributed by atoms with Crippen molar-refractivity contribution in [2.75, 3.05) is 32.6 Å². The summed E-state index contributed by atoms with van der Waals surface area (Å²) in [6.45, 7) is 3.00. The lowest BCUT2D eigenvalue weighted by molar-refractivity contribution is 0.217. The minimum Gasteiger partial charge on any atom is -0.492 e. The van der Waals surface area contributed by atoms with Crippen LogP contribution in [-0.4, -0.2) is 47.0 Å². The van der Waals surface area contributed by atoms with Gasteiger partial charge in [-0.3, -0.25) is 0 Å². The van der Waals surface area contributed by atoms with E-state index in [9.17, 15) is 8.42 Å². The molecule has 0 aromatic heterocycles. The van der Waals surface area contributed by atoms with Crippen LogP contribution >= 0.6 is 0 Å². The molecule has 1 heterocycles. The molecular weight excluding hydrogens is 388 g/mol. The average Bonchev–Trinajstić information content (AvgIpc) is 2.72. The molecule has 2 atom stereocenters. The Morgan fingerprint density at radius 3 is 2.69 bits per heavy atom. The Labute approximate surface area is 173 Å². The molecule has 2 aromatic rings. The van der Waals surface area contributed by atoms with E-state index >= 15 is 0 Å². The van der Waals surface area contributed by atoms with E-state index in [-0.39, 0.29) is 30.9 Å². The Hall–Kier alpha value is -2.09. The lowest BCUT2D eigenvalue weighted by atomic mass is 9.84. The van der Waals surface area contributed by atoms with Crippen molar-refractivity contribution < 1.29 is 17.9 Å². The summed E-state index contributed by atoms with van der Waals surface area (Å²) in [5.41, 5.74) is 2.39. The van der Waals surface area contributed by atoms with E-state index in [0.717, 1.165) is 23.5 Å². The molecular formula is C22H30N2O4S. The van der Waals surface area contributed by atoms with Gasteiger partial charge in [-0.05, 0) is 43.7 Å². The highest BCUT2D eigenvalue weighted by Crippen LogP contribution is 2.38. The average molecular weight is 419 g/mol. The van der Waals surface area contributed by atoms with E-state index in [1.165, 1.54) is 5.56 Å². The van der Waals surface area contributed by atoms with Gasteiger partial charge in [0.1, 0.15) is 24.7 Å². The van der Waals surface area contributed by atoms with Gasteiger partial charge < -0.3 is 14.8 Å². The van der Waals surface area contributed by atoms with E-state index in [4.69, 9.17) is 9.47 Å². The van der Waals surface area contributed by atoms with Crippen LogP contribution in [0.3, 0.4) is 0 Å². The van der Waals surface area contributed by atoms with Crippen LogP contribution in [0.1, 0.15) is 30.4 Å². The smallest absolute Gasteiger partial charge is 0.211 e. The first kappa shape index (κ1) is 21.6. The first-order chi connectivity index (χ1) is 14.0. The molecule has 29 heavy (non-hydrogen) atoms. The quantitative estimate of drug-likeness (QED) is 0.580. The number of sulfonamides is 1. The normalized spacial score (nSPS) is 18.7. The van der Waals surface area contributed by atoms with E-state index in [1.54, 1.807) is 0 Å². The molecule has 2 aromatic carbocycles. The highest BCUT2D eigenvalue weighted by Gasteiger charge is 2.30. The number of hydrogen-bond donors (Lipinski definition) is 2. The zero-order valence-electron chi connectivity index (χ0n) is 17.1. The van der Waals surface area contributed by atoms with Gasteiger partial charge in [0.15, 0.2) is 0 Å². The summed E-state index contributed by atoms with van der Waals surface area (Å²) in [6, 6.07) is 16.5. The zero-order chi connectivity index (χ0) is 20.7. The number of likely N-dealkylation sites (N-methyl/N-ethyl adjacent to an activating group) is 1. The van der Waals surface area contributed by atoms with Gasteiger partial charge in [-0.25, -0.2) is 13.1 Å². The van der Waals surface area contributed by atoms with Crippen molar-refractivity contribution >= 4 is 10.0 Å². The monoisotopic (exact) mass is 418 g/mol. The lowest BCUT2D eigenvalue weighted by Crippen LogP contribution is -2.41. The maximum Gasteiger partial charge on any atom is 0.211 e. The van der Waals surface area contributed by atoms with Crippen LogP contribution in [-0.2, 0) is 16.4 Å². The molecule has 0 amide bonds. The summed E-state index contributed by atoms with van der Waals surface area (Å²) in [5, 5.41) is 3.37. The van der Waals surface area contributed by atoms with Gasteiger partial charge in [0.05, 0.1) is 5.75 Å². The summed E-state index contributed by atoms with van der Waals surface area (Å²) >= 11 is 0. The molecule has 3 rings (SSSR count). The fourth-order valence-corrected chi connectivity index (χ4v) is 4.74. The number of nitrogens with one attached hydrogen (secondary N) is 2. The zero-order valence-corrected chi connectivity index (χ0v) is 17.9. The van der Waals surface area contributed by atoms with Crippen LogP contribution in [0.15, 0.2) is 48.5 Å². The molecule has 6 nitrogen and oxygen atoms in total. The molecule has 1 aliphatic rings. The van der Waals surface area contributed by atoms with Gasteiger partial charge in [0.2, 0.25) is 10.0 Å². The Morgan fingerprint density at radius 2 is 1.97 bits per heavy atom. The molecule has 1 aliphatic heterocycles. The third-order valence-corrected chi connectivity index (χ3v) is 6.71. The Bertz CT molecular complexity index is 887. The van der Waals surface area contributed by atoms with Gasteiger partial charge in [0.25, 0.3) is 0 Å². The molecule has 0 saturated carbocycles. The molecule has 0 aliphatic carbocycles. The first-order valence-corrected chi connectivity index (χ1v) is 11.8. The van der Waals surface area contributed by atoms with Crippen molar-refractivity contribution in [1.82, 2.24) is 10.0 Å². The predicted molar refractivity (Wildman–Crippen MR) is 115 cm³/mol. The number of fused-ring (bicyclic) bond motifs is 1. The van der Waals surface area contributed by atoms with E-state index < -0.39 is 10.0 Å². The second-order valence-corrected chi connectivity index (χ2v) is 9.19. The summed E-state index contributed by atoms with van der Waals surface area (Å²) in [6.07, 6.45) is 1.50. The van der Waals surface area contributed by atoms with Crippen LogP contribution < -0.4 is 19.5 Å². The van der Waals surface area contributed by atoms with E-state index in [2.05, 4.69) is 34.3 Å². The van der Waals surface area contributed by atoms with Crippen molar-refractivity contribution in [2.45, 2.75) is 31.7 Å². The molecule has 2 unspecified atom stereocenters. The maximum atomic E-state index is 11.7. The van der Waals surface area contributed by atoms with Crippen LogP contribution in [0.2, 0.25) is 0 Å². The molecule has 0 saturated heterocycles. The minimum absolute atomic E-state index is 0.135. The number of ether oxygens (including phenoxy) is 2. The highest BCUT2D eigenvalue weighted by atomic mass is 32.2. The van der Waals surface area contributed by atoms with E-state index in [1.807, 2.05) is 38.2 Å². The van der Waals surface area contributed by atoms with Gasteiger partial charge in [-0.1, -0.05) is 37.3 Å². The Balaban J connectivity index is 1.69. The molecule has 0 fully saturated rings. The van der Waals surface area contributed by atoms with Crippen LogP contribution in [0, 0.1) is 0 Å². The number of rotatable bonds is 10. The largest absolute Gasteiger partial charge is 0.492 e. The number of hydrogen-bond acceptors (Lipinski definition) is 5. The molecule has 7 heteroatoms. The standard InChI is InChI=1S/C22H30N2O4S/c1-3-13-29(25,26)24-11-12-27-18-9-10-22-20(15-18)19(21(23-2)16-28-22)14-17-7-5-4-6-8-17/h4-10,15,19,21,23-24H,3,11-14,16H2,1-2H3. The molecule has 0 radical (unpaired) electrons. The number of benzene rings is 2. The summed E-state index contributed by atoms with van der Waals surface area (Å²) < 4.78 is 37.8. The van der Waals surface area contributed by atoms with Gasteiger partial charge in [-0.2, -0.15) is 0 Å². The fourth-order valence-electron chi connectivity index (χ4n) is 3.66. The maximum absolute atomic E-state index is 11.7. The van der Waals surface area contributed by atoms with Crippen molar-refractivity contribution in [3.8, 4) is 11.5 Å². The summed E-state index contributed by atoms with van der Waals surface area (Å²) in [4.78, 5) is 0. The third-order valence-electron chi connectivity index (χ3n) is 5.12. The third kappa shape index (κ3) is 5.95. The second-order valence-electron chi connectivity index (χ2n) is 7.26. The van der Waals surface area contributed by atoms with Gasteiger partial charge in [-0.15, -0.1) is 0 Å². The van der Waals surface area contributed by atoms with Crippen molar-refractivity contribution in [2.24, 2.45) is 0 Å². The molecule has 0 spiro atoms. The van der Waals surface area contributed by atoms with Crippen molar-refractivity contribution in [3.05, 3.63) is 59.7 Å². The minimum atomic E-state index is -3.21. The lowest BCUT2D eigenvalue weighted by Gasteiger charge is -2.34. The van der Waals surface area contributed by atoms with Crippen molar-refractivity contribution in [3.63, 3.8) is 0 Å². The van der Waals surface area contributed by atoms with Crippen LogP contribution in [0.5, 0.6) is 11.5 Å². The summed E-state index contributed by atoms with van der Waals surface area (Å²) in [5.74, 6) is 2.00. The Morgan fingerprint density at radius 1 is 1.17 bits per heavy atom. The van der Waals surface area contributed by atoms with Gasteiger partial charge >= 0.3 is 0 Å². The molecule has 158 valence electrons. The van der Waals surface area contributed by atoms with E-state index in [0.29, 0.717) is 13.0 Å². The fraction of sp³-hybridized carbons (Fsp3) is 0.455. The molecule has 2 N–H and O–H groups in total. The molecule has 0 bridgehead atoms. The van der Waals surface area contributed by atoms with Crippen molar-refractivity contribution in [1.29, 1.82) is 0 Å². The Kier molecular flexibility index (Phi) is 7.52. The topological polar surface area (TPSA) is 76.7 Å². The highest BCUT2D eigenvalue weighted by molar-refractivity contribution is 7.89. The van der Waals surface area contributed by atoms with Crippen LogP contribution in [0.25, 0.3) is 0 Å². The predicted octanol–water partition coefficient (Wildman–Crippen LogP) is 2.70. The van der Waals surface area contributed by atoms with Gasteiger partial charge in [0, 0.05) is 24.1 Å². The SMILES string of the molecule is CCCS(=O)(=O)NCCOc1ccc2c(c1)C(Cc1ccccc1)C(NC)CO2. The second kappa shape index (κ2) is 10.1.